The Labute approximate surface area is 155 Å². The number of imide groups is 1. The van der Waals surface area contributed by atoms with Crippen molar-refractivity contribution < 1.29 is 9.59 Å². The molecule has 7 nitrogen and oxygen atoms in total. The molecule has 0 aromatic carbocycles. The first kappa shape index (κ1) is 18.9. The van der Waals surface area contributed by atoms with E-state index < -0.39 is 5.54 Å². The largest absolute Gasteiger partial charge is 0.323 e. The van der Waals surface area contributed by atoms with Gasteiger partial charge in [-0.1, -0.05) is 13.8 Å². The first-order valence-corrected chi connectivity index (χ1v) is 9.65. The molecule has 1 aromatic heterocycles. The predicted molar refractivity (Wildman–Crippen MR) is 99.4 cm³/mol. The number of amides is 3. The molecule has 0 aliphatic carbocycles. The summed E-state index contributed by atoms with van der Waals surface area (Å²) in [5, 5.41) is 9.78. The summed E-state index contributed by atoms with van der Waals surface area (Å²) in [5.41, 5.74) is 1.73. The van der Waals surface area contributed by atoms with E-state index in [2.05, 4.69) is 41.4 Å². The summed E-state index contributed by atoms with van der Waals surface area (Å²) in [4.78, 5) is 26.9. The van der Waals surface area contributed by atoms with Crippen molar-refractivity contribution in [3.8, 4) is 0 Å². The Bertz CT molecular complexity index is 675. The molecule has 0 spiro atoms. The number of urea groups is 1. The van der Waals surface area contributed by atoms with Crippen LogP contribution in [0.5, 0.6) is 0 Å². The minimum Gasteiger partial charge on any atom is -0.323 e. The van der Waals surface area contributed by atoms with Gasteiger partial charge in [-0.3, -0.25) is 19.7 Å². The molecule has 3 amide bonds. The summed E-state index contributed by atoms with van der Waals surface area (Å²) in [5.74, 6) is 0.564. The summed E-state index contributed by atoms with van der Waals surface area (Å²) in [6.45, 7) is 9.16. The van der Waals surface area contributed by atoms with Crippen LogP contribution in [-0.4, -0.2) is 45.2 Å². The molecule has 2 fully saturated rings. The highest BCUT2D eigenvalue weighted by atomic mass is 16.2. The SMILES string of the molecule is Cc1c(CN2CCC(C3(CCC(C)C)NC(=O)NC3=O)CC2)cnn1C. The summed E-state index contributed by atoms with van der Waals surface area (Å²) in [6.07, 6.45) is 5.43. The number of likely N-dealkylation sites (tertiary alicyclic amines) is 1. The Morgan fingerprint density at radius 3 is 2.50 bits per heavy atom. The molecule has 26 heavy (non-hydrogen) atoms. The van der Waals surface area contributed by atoms with Crippen molar-refractivity contribution in [2.24, 2.45) is 18.9 Å². The molecule has 144 valence electrons. The minimum atomic E-state index is -0.725. The second-order valence-corrected chi connectivity index (χ2v) is 8.24. The Hall–Kier alpha value is -1.89. The molecule has 0 saturated carbocycles. The number of carbonyl (C=O) groups excluding carboxylic acids is 2. The molecule has 2 saturated heterocycles. The van der Waals surface area contributed by atoms with Crippen LogP contribution in [-0.2, 0) is 18.4 Å². The maximum atomic E-state index is 12.6. The topological polar surface area (TPSA) is 79.3 Å². The summed E-state index contributed by atoms with van der Waals surface area (Å²) >= 11 is 0. The molecule has 3 heterocycles. The lowest BCUT2D eigenvalue weighted by Gasteiger charge is -2.41. The van der Waals surface area contributed by atoms with E-state index in [1.54, 1.807) is 0 Å². The van der Waals surface area contributed by atoms with E-state index in [1.165, 1.54) is 11.3 Å². The van der Waals surface area contributed by atoms with E-state index in [0.717, 1.165) is 38.9 Å². The highest BCUT2D eigenvalue weighted by Crippen LogP contribution is 2.35. The monoisotopic (exact) mass is 361 g/mol. The molecule has 2 N–H and O–H groups in total. The van der Waals surface area contributed by atoms with Crippen LogP contribution in [0.4, 0.5) is 4.79 Å². The standard InChI is InChI=1S/C19H31N5O2/c1-13(2)5-8-19(17(25)21-18(26)22-19)16-6-9-24(10-7-16)12-15-11-20-23(4)14(15)3/h11,13,16H,5-10,12H2,1-4H3,(H2,21,22,25,26). The Morgan fingerprint density at radius 2 is 2.00 bits per heavy atom. The molecule has 3 rings (SSSR count). The number of aryl methyl sites for hydroxylation is 1. The van der Waals surface area contributed by atoms with Crippen LogP contribution in [0.15, 0.2) is 6.20 Å². The number of carbonyl (C=O) groups is 2. The highest BCUT2D eigenvalue weighted by Gasteiger charge is 2.51. The average molecular weight is 361 g/mol. The molecule has 0 bridgehead atoms. The van der Waals surface area contributed by atoms with Gasteiger partial charge in [-0.25, -0.2) is 4.79 Å². The minimum absolute atomic E-state index is 0.135. The molecule has 1 atom stereocenters. The Kier molecular flexibility index (Phi) is 5.37. The van der Waals surface area contributed by atoms with Gasteiger partial charge in [0, 0.05) is 24.8 Å². The van der Waals surface area contributed by atoms with E-state index in [4.69, 9.17) is 0 Å². The normalized spacial score (nSPS) is 25.0. The van der Waals surface area contributed by atoms with Crippen molar-refractivity contribution in [3.63, 3.8) is 0 Å². The maximum absolute atomic E-state index is 12.6. The molecular weight excluding hydrogens is 330 g/mol. The van der Waals surface area contributed by atoms with Crippen molar-refractivity contribution >= 4 is 11.9 Å². The van der Waals surface area contributed by atoms with Crippen LogP contribution < -0.4 is 10.6 Å². The van der Waals surface area contributed by atoms with Crippen molar-refractivity contribution in [2.45, 2.75) is 58.5 Å². The number of hydrogen-bond acceptors (Lipinski definition) is 4. The van der Waals surface area contributed by atoms with Gasteiger partial charge >= 0.3 is 6.03 Å². The first-order valence-electron chi connectivity index (χ1n) is 9.65. The van der Waals surface area contributed by atoms with Gasteiger partial charge in [-0.15, -0.1) is 0 Å². The average Bonchev–Trinajstić information content (AvgIpc) is 3.07. The van der Waals surface area contributed by atoms with Crippen LogP contribution in [0.3, 0.4) is 0 Å². The lowest BCUT2D eigenvalue weighted by Crippen LogP contribution is -2.56. The zero-order valence-corrected chi connectivity index (χ0v) is 16.3. The van der Waals surface area contributed by atoms with E-state index in [0.29, 0.717) is 12.3 Å². The van der Waals surface area contributed by atoms with E-state index in [-0.39, 0.29) is 17.9 Å². The van der Waals surface area contributed by atoms with Gasteiger partial charge in [0.15, 0.2) is 0 Å². The van der Waals surface area contributed by atoms with Crippen LogP contribution >= 0.6 is 0 Å². The molecule has 2 aliphatic heterocycles. The van der Waals surface area contributed by atoms with Crippen molar-refractivity contribution in [1.82, 2.24) is 25.3 Å². The molecule has 7 heteroatoms. The quantitative estimate of drug-likeness (QED) is 0.759. The van der Waals surface area contributed by atoms with Crippen LogP contribution in [0.1, 0.15) is 50.8 Å². The van der Waals surface area contributed by atoms with E-state index >= 15 is 0 Å². The van der Waals surface area contributed by atoms with Crippen LogP contribution in [0.25, 0.3) is 0 Å². The van der Waals surface area contributed by atoms with Crippen molar-refractivity contribution in [2.75, 3.05) is 13.1 Å². The fourth-order valence-corrected chi connectivity index (χ4v) is 4.21. The molecule has 2 aliphatic rings. The number of hydrogen-bond donors (Lipinski definition) is 2. The fraction of sp³-hybridized carbons (Fsp3) is 0.737. The number of nitrogens with one attached hydrogen (secondary N) is 2. The summed E-state index contributed by atoms with van der Waals surface area (Å²) < 4.78 is 1.90. The third-order valence-electron chi connectivity index (χ3n) is 6.10. The van der Waals surface area contributed by atoms with E-state index in [1.807, 2.05) is 17.9 Å². The molecule has 1 unspecified atom stereocenters. The van der Waals surface area contributed by atoms with Gasteiger partial charge in [-0.05, 0) is 57.5 Å². The lowest BCUT2D eigenvalue weighted by molar-refractivity contribution is -0.127. The van der Waals surface area contributed by atoms with Crippen LogP contribution in [0, 0.1) is 18.8 Å². The predicted octanol–water partition coefficient (Wildman–Crippen LogP) is 1.95. The van der Waals surface area contributed by atoms with Gasteiger partial charge in [0.05, 0.1) is 6.20 Å². The number of rotatable bonds is 6. The smallest absolute Gasteiger partial charge is 0.322 e. The van der Waals surface area contributed by atoms with Gasteiger partial charge < -0.3 is 5.32 Å². The first-order chi connectivity index (χ1) is 12.3. The number of piperidine rings is 1. The maximum Gasteiger partial charge on any atom is 0.322 e. The van der Waals surface area contributed by atoms with Crippen LogP contribution in [0.2, 0.25) is 0 Å². The van der Waals surface area contributed by atoms with Crippen molar-refractivity contribution in [1.29, 1.82) is 0 Å². The molecular formula is C19H31N5O2. The van der Waals surface area contributed by atoms with Crippen molar-refractivity contribution in [3.05, 3.63) is 17.5 Å². The molecule has 1 aromatic rings. The second-order valence-electron chi connectivity index (χ2n) is 8.24. The fourth-order valence-electron chi connectivity index (χ4n) is 4.21. The van der Waals surface area contributed by atoms with Gasteiger partial charge in [0.1, 0.15) is 5.54 Å². The Morgan fingerprint density at radius 1 is 1.31 bits per heavy atom. The zero-order chi connectivity index (χ0) is 18.9. The summed E-state index contributed by atoms with van der Waals surface area (Å²) in [6, 6.07) is -0.341. The van der Waals surface area contributed by atoms with Gasteiger partial charge in [-0.2, -0.15) is 5.10 Å². The number of nitrogens with zero attached hydrogens (tertiary/aromatic N) is 3. The summed E-state index contributed by atoms with van der Waals surface area (Å²) in [7, 11) is 1.96. The zero-order valence-electron chi connectivity index (χ0n) is 16.3. The van der Waals surface area contributed by atoms with Gasteiger partial charge in [0.25, 0.3) is 5.91 Å². The third-order valence-corrected chi connectivity index (χ3v) is 6.10. The number of aromatic nitrogens is 2. The Balaban J connectivity index is 1.65. The van der Waals surface area contributed by atoms with E-state index in [9.17, 15) is 9.59 Å². The molecule has 0 radical (unpaired) electrons. The second kappa shape index (κ2) is 7.39. The lowest BCUT2D eigenvalue weighted by atomic mass is 9.74. The van der Waals surface area contributed by atoms with Gasteiger partial charge in [0.2, 0.25) is 0 Å². The highest BCUT2D eigenvalue weighted by molar-refractivity contribution is 6.07. The third kappa shape index (κ3) is 3.63.